The van der Waals surface area contributed by atoms with Crippen molar-refractivity contribution in [2.45, 2.75) is 26.2 Å². The van der Waals surface area contributed by atoms with Crippen molar-refractivity contribution < 1.29 is 14.6 Å². The lowest BCUT2D eigenvalue weighted by atomic mass is 9.97. The van der Waals surface area contributed by atoms with Crippen LogP contribution in [-0.4, -0.2) is 17.6 Å². The Hall–Kier alpha value is -2.98. The minimum absolute atomic E-state index is 0.121. The van der Waals surface area contributed by atoms with Crippen LogP contribution in [0.25, 0.3) is 0 Å². The van der Waals surface area contributed by atoms with Gasteiger partial charge in [0.1, 0.15) is 11.5 Å². The predicted octanol–water partition coefficient (Wildman–Crippen LogP) is 6.18. The van der Waals surface area contributed by atoms with Crippen LogP contribution < -0.4 is 10.1 Å². The first-order valence-corrected chi connectivity index (χ1v) is 9.94. The summed E-state index contributed by atoms with van der Waals surface area (Å²) in [6.45, 7) is 4.66. The van der Waals surface area contributed by atoms with Crippen molar-refractivity contribution in [3.63, 3.8) is 0 Å². The van der Waals surface area contributed by atoms with E-state index < -0.39 is 5.91 Å². The van der Waals surface area contributed by atoms with Gasteiger partial charge in [-0.3, -0.25) is 4.79 Å². The number of nitrogens with one attached hydrogen (secondary N) is 1. The van der Waals surface area contributed by atoms with Crippen LogP contribution in [0.3, 0.4) is 0 Å². The maximum absolute atomic E-state index is 12.5. The van der Waals surface area contributed by atoms with Gasteiger partial charge in [0.15, 0.2) is 0 Å². The molecular formula is C24H24ClNO3. The predicted molar refractivity (Wildman–Crippen MR) is 117 cm³/mol. The zero-order valence-electron chi connectivity index (χ0n) is 16.5. The lowest BCUT2D eigenvalue weighted by Crippen LogP contribution is -2.13. The molecule has 29 heavy (non-hydrogen) atoms. The number of phenolic OH excluding ortho intramolecular Hbond substituents is 1. The Morgan fingerprint density at radius 2 is 1.86 bits per heavy atom. The van der Waals surface area contributed by atoms with E-state index in [1.54, 1.807) is 12.1 Å². The molecule has 0 aliphatic rings. The van der Waals surface area contributed by atoms with Crippen LogP contribution in [0.1, 0.15) is 40.7 Å². The highest BCUT2D eigenvalue weighted by molar-refractivity contribution is 6.31. The molecular weight excluding hydrogens is 386 g/mol. The molecule has 0 saturated heterocycles. The van der Waals surface area contributed by atoms with Crippen molar-refractivity contribution in [3.8, 4) is 11.5 Å². The van der Waals surface area contributed by atoms with Gasteiger partial charge in [-0.25, -0.2) is 0 Å². The molecule has 0 heterocycles. The highest BCUT2D eigenvalue weighted by Crippen LogP contribution is 2.27. The first kappa shape index (κ1) is 20.7. The molecule has 0 aliphatic carbocycles. The fraction of sp³-hybridized carbons (Fsp3) is 0.208. The highest BCUT2D eigenvalue weighted by atomic mass is 35.5. The number of carbonyl (C=O) groups is 1. The van der Waals surface area contributed by atoms with Gasteiger partial charge in [-0.05, 0) is 48.7 Å². The standard InChI is InChI=1S/C24H24ClNO3/c1-3-17(18-7-5-4-6-8-18)15-29-23-14-20(11-9-16(23)2)26-24(28)21-13-19(25)10-12-22(21)27/h4-14,17,27H,3,15H2,1-2H3,(H,26,28)/t17-/m1/s1. The van der Waals surface area contributed by atoms with Gasteiger partial charge in [0.2, 0.25) is 0 Å². The van der Waals surface area contributed by atoms with Crippen molar-refractivity contribution in [2.24, 2.45) is 0 Å². The minimum atomic E-state index is -0.435. The topological polar surface area (TPSA) is 58.6 Å². The number of ether oxygens (including phenoxy) is 1. The fourth-order valence-corrected chi connectivity index (χ4v) is 3.26. The van der Waals surface area contributed by atoms with Crippen molar-refractivity contribution in [1.82, 2.24) is 0 Å². The van der Waals surface area contributed by atoms with Crippen LogP contribution in [0, 0.1) is 6.92 Å². The van der Waals surface area contributed by atoms with E-state index in [1.807, 2.05) is 31.2 Å². The van der Waals surface area contributed by atoms with Gasteiger partial charge < -0.3 is 15.2 Å². The van der Waals surface area contributed by atoms with Gasteiger partial charge in [-0.15, -0.1) is 0 Å². The second-order valence-corrected chi connectivity index (χ2v) is 7.36. The Bertz CT molecular complexity index is 989. The number of carbonyl (C=O) groups excluding carboxylic acids is 1. The fourth-order valence-electron chi connectivity index (χ4n) is 3.09. The number of anilines is 1. The summed E-state index contributed by atoms with van der Waals surface area (Å²) in [5.41, 5.74) is 2.93. The van der Waals surface area contributed by atoms with Gasteiger partial charge in [0, 0.05) is 22.7 Å². The third-order valence-electron chi connectivity index (χ3n) is 4.85. The molecule has 0 bridgehead atoms. The first-order chi connectivity index (χ1) is 14.0. The van der Waals surface area contributed by atoms with Gasteiger partial charge in [0.25, 0.3) is 5.91 Å². The Morgan fingerprint density at radius 3 is 2.59 bits per heavy atom. The van der Waals surface area contributed by atoms with E-state index in [0.29, 0.717) is 23.1 Å². The smallest absolute Gasteiger partial charge is 0.259 e. The molecule has 150 valence electrons. The van der Waals surface area contributed by atoms with Crippen LogP contribution in [0.4, 0.5) is 5.69 Å². The number of halogens is 1. The van der Waals surface area contributed by atoms with Crippen LogP contribution in [0.15, 0.2) is 66.7 Å². The van der Waals surface area contributed by atoms with Crippen LogP contribution >= 0.6 is 11.6 Å². The second-order valence-electron chi connectivity index (χ2n) is 6.92. The molecule has 0 aromatic heterocycles. The Labute approximate surface area is 176 Å². The largest absolute Gasteiger partial charge is 0.507 e. The first-order valence-electron chi connectivity index (χ1n) is 9.56. The molecule has 3 rings (SSSR count). The molecule has 0 saturated carbocycles. The second kappa shape index (κ2) is 9.48. The van der Waals surface area contributed by atoms with Crippen LogP contribution in [0.2, 0.25) is 5.02 Å². The molecule has 0 fully saturated rings. The zero-order valence-corrected chi connectivity index (χ0v) is 17.2. The zero-order chi connectivity index (χ0) is 20.8. The van der Waals surface area contributed by atoms with E-state index >= 15 is 0 Å². The van der Waals surface area contributed by atoms with Crippen molar-refractivity contribution in [1.29, 1.82) is 0 Å². The summed E-state index contributed by atoms with van der Waals surface area (Å²) in [4.78, 5) is 12.5. The molecule has 0 spiro atoms. The van der Waals surface area contributed by atoms with E-state index in [4.69, 9.17) is 16.3 Å². The maximum atomic E-state index is 12.5. The summed E-state index contributed by atoms with van der Waals surface area (Å²) in [5, 5.41) is 13.1. The minimum Gasteiger partial charge on any atom is -0.507 e. The average molecular weight is 410 g/mol. The molecule has 1 amide bonds. The van der Waals surface area contributed by atoms with Gasteiger partial charge >= 0.3 is 0 Å². The summed E-state index contributed by atoms with van der Waals surface area (Å²) in [7, 11) is 0. The summed E-state index contributed by atoms with van der Waals surface area (Å²) < 4.78 is 6.09. The van der Waals surface area contributed by atoms with Gasteiger partial charge in [-0.2, -0.15) is 0 Å². The number of rotatable bonds is 7. The van der Waals surface area contributed by atoms with Crippen molar-refractivity contribution >= 4 is 23.2 Å². The summed E-state index contributed by atoms with van der Waals surface area (Å²) in [6, 6.07) is 20.1. The van der Waals surface area contributed by atoms with Gasteiger partial charge in [-0.1, -0.05) is 54.9 Å². The number of aryl methyl sites for hydroxylation is 1. The number of phenols is 1. The number of aromatic hydroxyl groups is 1. The lowest BCUT2D eigenvalue weighted by Gasteiger charge is -2.18. The molecule has 0 unspecified atom stereocenters. The molecule has 3 aromatic carbocycles. The lowest BCUT2D eigenvalue weighted by molar-refractivity contribution is 0.102. The quantitative estimate of drug-likeness (QED) is 0.490. The SMILES string of the molecule is CC[C@H](COc1cc(NC(=O)c2cc(Cl)ccc2O)ccc1C)c1ccccc1. The molecule has 0 aliphatic heterocycles. The Morgan fingerprint density at radius 1 is 1.10 bits per heavy atom. The number of hydrogen-bond acceptors (Lipinski definition) is 3. The molecule has 2 N–H and O–H groups in total. The summed E-state index contributed by atoms with van der Waals surface area (Å²) in [5.74, 6) is 0.449. The van der Waals surface area contributed by atoms with Crippen molar-refractivity contribution in [3.05, 3.63) is 88.4 Å². The van der Waals surface area contributed by atoms with E-state index in [-0.39, 0.29) is 17.2 Å². The maximum Gasteiger partial charge on any atom is 0.259 e. The molecule has 4 nitrogen and oxygen atoms in total. The molecule has 3 aromatic rings. The third-order valence-corrected chi connectivity index (χ3v) is 5.09. The molecule has 0 radical (unpaired) electrons. The van der Waals surface area contributed by atoms with E-state index in [0.717, 1.165) is 12.0 Å². The molecule has 5 heteroatoms. The van der Waals surface area contributed by atoms with Gasteiger partial charge in [0.05, 0.1) is 12.2 Å². The normalized spacial score (nSPS) is 11.7. The van der Waals surface area contributed by atoms with E-state index in [1.165, 1.54) is 23.8 Å². The summed E-state index contributed by atoms with van der Waals surface area (Å²) >= 11 is 5.93. The Kier molecular flexibility index (Phi) is 6.78. The van der Waals surface area contributed by atoms with Crippen LogP contribution in [0.5, 0.6) is 11.5 Å². The van der Waals surface area contributed by atoms with E-state index in [2.05, 4.69) is 24.4 Å². The van der Waals surface area contributed by atoms with Crippen LogP contribution in [-0.2, 0) is 0 Å². The number of hydrogen-bond donors (Lipinski definition) is 2. The average Bonchev–Trinajstić information content (AvgIpc) is 2.73. The molecule has 1 atom stereocenters. The summed E-state index contributed by atoms with van der Waals surface area (Å²) in [6.07, 6.45) is 0.966. The Balaban J connectivity index is 1.72. The highest BCUT2D eigenvalue weighted by Gasteiger charge is 2.14. The monoisotopic (exact) mass is 409 g/mol. The third kappa shape index (κ3) is 5.30. The van der Waals surface area contributed by atoms with E-state index in [9.17, 15) is 9.90 Å². The number of benzene rings is 3. The number of amides is 1. The van der Waals surface area contributed by atoms with Crippen molar-refractivity contribution in [2.75, 3.05) is 11.9 Å².